The molecule has 1 unspecified atom stereocenters. The second-order valence-corrected chi connectivity index (χ2v) is 5.62. The molecule has 1 aliphatic rings. The molecule has 1 heterocycles. The minimum Gasteiger partial charge on any atom is -0.486 e. The minimum absolute atomic E-state index is 0.0646. The Morgan fingerprint density at radius 3 is 2.50 bits per heavy atom. The van der Waals surface area contributed by atoms with Crippen LogP contribution >= 0.6 is 23.4 Å². The molecule has 3 nitrogen and oxygen atoms in total. The molecule has 2 rings (SSSR count). The first-order valence-corrected chi connectivity index (χ1v) is 7.46. The molecule has 0 spiro atoms. The third kappa shape index (κ3) is 2.48. The Hall–Kier alpha value is -0.950. The standard InChI is InChI=1S/C12H14ClF3N2OS/c1-17-10-6(14)4-7(19-5-8(15)16)9(13)11(10)18(2)12(17)20-3/h4,8,12H,5H2,1-3H3. The molecule has 1 aromatic carbocycles. The summed E-state index contributed by atoms with van der Waals surface area (Å²) in [6, 6.07) is 1.05. The van der Waals surface area contributed by atoms with Gasteiger partial charge in [-0.3, -0.25) is 0 Å². The molecule has 112 valence electrons. The second kappa shape index (κ2) is 5.81. The van der Waals surface area contributed by atoms with Crippen molar-refractivity contribution in [1.29, 1.82) is 0 Å². The molecular weight excluding hydrogens is 313 g/mol. The molecule has 0 saturated heterocycles. The van der Waals surface area contributed by atoms with E-state index in [0.717, 1.165) is 6.07 Å². The summed E-state index contributed by atoms with van der Waals surface area (Å²) in [5.41, 5.74) is 0.696. The zero-order chi connectivity index (χ0) is 15.0. The molecule has 8 heteroatoms. The monoisotopic (exact) mass is 326 g/mol. The fourth-order valence-corrected chi connectivity index (χ4v) is 3.47. The van der Waals surface area contributed by atoms with Crippen LogP contribution in [0.15, 0.2) is 6.07 Å². The van der Waals surface area contributed by atoms with E-state index in [4.69, 9.17) is 16.3 Å². The topological polar surface area (TPSA) is 15.7 Å². The molecule has 0 fully saturated rings. The van der Waals surface area contributed by atoms with E-state index in [0.29, 0.717) is 11.4 Å². The lowest BCUT2D eigenvalue weighted by Gasteiger charge is -2.25. The van der Waals surface area contributed by atoms with Crippen LogP contribution in [0.4, 0.5) is 24.5 Å². The van der Waals surface area contributed by atoms with Gasteiger partial charge in [0.15, 0.2) is 5.82 Å². The zero-order valence-corrected chi connectivity index (χ0v) is 12.7. The van der Waals surface area contributed by atoms with Gasteiger partial charge in [0.1, 0.15) is 28.6 Å². The maximum absolute atomic E-state index is 14.2. The number of ether oxygens (including phenoxy) is 1. The SMILES string of the molecule is CSC1N(C)c2c(F)cc(OCC(F)F)c(Cl)c2N1C. The lowest BCUT2D eigenvalue weighted by Crippen LogP contribution is -2.35. The van der Waals surface area contributed by atoms with Gasteiger partial charge in [-0.25, -0.2) is 13.2 Å². The van der Waals surface area contributed by atoms with Gasteiger partial charge in [0.05, 0.1) is 5.69 Å². The van der Waals surface area contributed by atoms with Gasteiger partial charge in [-0.05, 0) is 6.26 Å². The Morgan fingerprint density at radius 2 is 1.95 bits per heavy atom. The summed E-state index contributed by atoms with van der Waals surface area (Å²) in [6.07, 6.45) is -0.745. The predicted octanol–water partition coefficient (Wildman–Crippen LogP) is 3.66. The molecule has 0 bridgehead atoms. The van der Waals surface area contributed by atoms with Crippen molar-refractivity contribution in [1.82, 2.24) is 0 Å². The van der Waals surface area contributed by atoms with Gasteiger partial charge < -0.3 is 14.5 Å². The summed E-state index contributed by atoms with van der Waals surface area (Å²) >= 11 is 7.69. The Balaban J connectivity index is 2.45. The third-order valence-corrected chi connectivity index (χ3v) is 4.50. The van der Waals surface area contributed by atoms with Crippen molar-refractivity contribution in [3.63, 3.8) is 0 Å². The van der Waals surface area contributed by atoms with Crippen LogP contribution in [0.5, 0.6) is 5.75 Å². The van der Waals surface area contributed by atoms with Crippen LogP contribution in [0, 0.1) is 5.82 Å². The molecule has 0 aromatic heterocycles. The van der Waals surface area contributed by atoms with Crippen LogP contribution < -0.4 is 14.5 Å². The average molecular weight is 327 g/mol. The summed E-state index contributed by atoms with van der Waals surface area (Å²) in [7, 11) is 3.52. The van der Waals surface area contributed by atoms with E-state index in [2.05, 4.69) is 0 Å². The number of thioether (sulfide) groups is 1. The number of hydrogen-bond donors (Lipinski definition) is 0. The minimum atomic E-state index is -2.64. The summed E-state index contributed by atoms with van der Waals surface area (Å²) in [5.74, 6) is -0.607. The number of halogens is 4. The van der Waals surface area contributed by atoms with Gasteiger partial charge >= 0.3 is 0 Å². The van der Waals surface area contributed by atoms with Gasteiger partial charge in [0.2, 0.25) is 0 Å². The summed E-state index contributed by atoms with van der Waals surface area (Å²) in [5, 5.41) is 0.146. The number of anilines is 2. The van der Waals surface area contributed by atoms with Crippen LogP contribution in [0.3, 0.4) is 0 Å². The lowest BCUT2D eigenvalue weighted by molar-refractivity contribution is 0.0818. The number of fused-ring (bicyclic) bond motifs is 1. The van der Waals surface area contributed by atoms with E-state index >= 15 is 0 Å². The summed E-state index contributed by atoms with van der Waals surface area (Å²) in [4.78, 5) is 3.54. The highest BCUT2D eigenvalue weighted by Crippen LogP contribution is 2.50. The highest BCUT2D eigenvalue weighted by molar-refractivity contribution is 7.99. The van der Waals surface area contributed by atoms with Crippen molar-refractivity contribution in [2.45, 2.75) is 11.9 Å². The van der Waals surface area contributed by atoms with Gasteiger partial charge in [-0.15, -0.1) is 11.8 Å². The Morgan fingerprint density at radius 1 is 1.35 bits per heavy atom. The predicted molar refractivity (Wildman–Crippen MR) is 77.0 cm³/mol. The van der Waals surface area contributed by atoms with Crippen LogP contribution in [0.1, 0.15) is 0 Å². The normalized spacial score (nSPS) is 17.9. The smallest absolute Gasteiger partial charge is 0.272 e. The van der Waals surface area contributed by atoms with Crippen LogP contribution in [-0.2, 0) is 0 Å². The summed E-state index contributed by atoms with van der Waals surface area (Å²) < 4.78 is 43.5. The number of hydrogen-bond acceptors (Lipinski definition) is 4. The number of nitrogens with zero attached hydrogens (tertiary/aromatic N) is 2. The molecule has 0 saturated carbocycles. The lowest BCUT2D eigenvalue weighted by atomic mass is 10.2. The van der Waals surface area contributed by atoms with E-state index in [9.17, 15) is 13.2 Å². The first-order valence-electron chi connectivity index (χ1n) is 5.79. The van der Waals surface area contributed by atoms with E-state index in [1.165, 1.54) is 11.8 Å². The zero-order valence-electron chi connectivity index (χ0n) is 11.2. The first kappa shape index (κ1) is 15.4. The Bertz CT molecular complexity index is 518. The maximum atomic E-state index is 14.2. The molecule has 0 N–H and O–H groups in total. The van der Waals surface area contributed by atoms with Crippen molar-refractivity contribution in [2.24, 2.45) is 0 Å². The van der Waals surface area contributed by atoms with Crippen molar-refractivity contribution in [2.75, 3.05) is 36.8 Å². The van der Waals surface area contributed by atoms with Gasteiger partial charge in [0.25, 0.3) is 6.43 Å². The van der Waals surface area contributed by atoms with Crippen molar-refractivity contribution < 1.29 is 17.9 Å². The molecule has 0 radical (unpaired) electrons. The molecular formula is C12H14ClF3N2OS. The van der Waals surface area contributed by atoms with E-state index in [1.807, 2.05) is 6.26 Å². The van der Waals surface area contributed by atoms with Gasteiger partial charge in [-0.2, -0.15) is 0 Å². The van der Waals surface area contributed by atoms with Gasteiger partial charge in [-0.1, -0.05) is 11.6 Å². The molecule has 0 amide bonds. The van der Waals surface area contributed by atoms with E-state index < -0.39 is 18.8 Å². The van der Waals surface area contributed by atoms with Crippen LogP contribution in [-0.4, -0.2) is 38.9 Å². The maximum Gasteiger partial charge on any atom is 0.272 e. The number of alkyl halides is 2. The van der Waals surface area contributed by atoms with Crippen LogP contribution in [0.25, 0.3) is 0 Å². The first-order chi connectivity index (χ1) is 9.38. The number of rotatable bonds is 4. The second-order valence-electron chi connectivity index (χ2n) is 4.35. The van der Waals surface area contributed by atoms with E-state index in [-0.39, 0.29) is 16.3 Å². The highest BCUT2D eigenvalue weighted by Gasteiger charge is 2.36. The average Bonchev–Trinajstić information content (AvgIpc) is 2.64. The third-order valence-electron chi connectivity index (χ3n) is 3.08. The van der Waals surface area contributed by atoms with Crippen molar-refractivity contribution in [3.05, 3.63) is 16.9 Å². The Kier molecular flexibility index (Phi) is 4.49. The van der Waals surface area contributed by atoms with Crippen molar-refractivity contribution >= 4 is 34.7 Å². The van der Waals surface area contributed by atoms with Crippen LogP contribution in [0.2, 0.25) is 5.02 Å². The molecule has 20 heavy (non-hydrogen) atoms. The quantitative estimate of drug-likeness (QED) is 0.838. The molecule has 1 aliphatic heterocycles. The molecule has 1 aromatic rings. The molecule has 1 atom stereocenters. The largest absolute Gasteiger partial charge is 0.486 e. The highest BCUT2D eigenvalue weighted by atomic mass is 35.5. The molecule has 0 aliphatic carbocycles. The van der Waals surface area contributed by atoms with Gasteiger partial charge in [0, 0.05) is 20.2 Å². The Labute approximate surface area is 124 Å². The number of benzene rings is 1. The fraction of sp³-hybridized carbons (Fsp3) is 0.500. The summed E-state index contributed by atoms with van der Waals surface area (Å²) in [6.45, 7) is -0.816. The van der Waals surface area contributed by atoms with Crippen molar-refractivity contribution in [3.8, 4) is 5.75 Å². The van der Waals surface area contributed by atoms with E-state index in [1.54, 1.807) is 23.9 Å². The fourth-order valence-electron chi connectivity index (χ4n) is 2.29.